The van der Waals surface area contributed by atoms with Crippen LogP contribution < -0.4 is 10.1 Å². The summed E-state index contributed by atoms with van der Waals surface area (Å²) < 4.78 is 5.66. The minimum atomic E-state index is -0.212. The minimum Gasteiger partial charge on any atom is -0.479 e. The largest absolute Gasteiger partial charge is 0.479 e. The highest BCUT2D eigenvalue weighted by Crippen LogP contribution is 2.22. The number of ether oxygens (including phenoxy) is 1. The van der Waals surface area contributed by atoms with Crippen LogP contribution in [0.15, 0.2) is 60.8 Å². The number of para-hydroxylation sites is 1. The van der Waals surface area contributed by atoms with E-state index >= 15 is 0 Å². The SMILES string of the molecule is O=C(NCC#CCOc1cccc2cccnc12)c1cccc(Cl)c1. The van der Waals surface area contributed by atoms with Crippen molar-refractivity contribution in [3.63, 3.8) is 0 Å². The third-order valence-corrected chi connectivity index (χ3v) is 3.68. The van der Waals surface area contributed by atoms with E-state index in [-0.39, 0.29) is 19.1 Å². The molecular formula is C20H15ClN2O2. The zero-order chi connectivity index (χ0) is 17.5. The van der Waals surface area contributed by atoms with E-state index in [2.05, 4.69) is 22.1 Å². The van der Waals surface area contributed by atoms with Gasteiger partial charge in [0.15, 0.2) is 0 Å². The highest BCUT2D eigenvalue weighted by molar-refractivity contribution is 6.30. The number of nitrogens with zero attached hydrogens (tertiary/aromatic N) is 1. The van der Waals surface area contributed by atoms with Crippen molar-refractivity contribution in [2.24, 2.45) is 0 Å². The number of hydrogen-bond acceptors (Lipinski definition) is 3. The average molecular weight is 351 g/mol. The van der Waals surface area contributed by atoms with Crippen molar-refractivity contribution >= 4 is 28.4 Å². The van der Waals surface area contributed by atoms with E-state index < -0.39 is 0 Å². The summed E-state index contributed by atoms with van der Waals surface area (Å²) in [4.78, 5) is 16.2. The Hall–Kier alpha value is -3.03. The number of nitrogens with one attached hydrogen (secondary N) is 1. The number of rotatable bonds is 4. The van der Waals surface area contributed by atoms with Crippen LogP contribution in [0.2, 0.25) is 5.02 Å². The van der Waals surface area contributed by atoms with E-state index in [4.69, 9.17) is 16.3 Å². The van der Waals surface area contributed by atoms with Crippen molar-refractivity contribution in [2.45, 2.75) is 0 Å². The van der Waals surface area contributed by atoms with Crippen molar-refractivity contribution < 1.29 is 9.53 Å². The molecule has 0 bridgehead atoms. The molecule has 0 atom stereocenters. The van der Waals surface area contributed by atoms with Crippen molar-refractivity contribution in [1.82, 2.24) is 10.3 Å². The third-order valence-electron chi connectivity index (χ3n) is 3.44. The zero-order valence-electron chi connectivity index (χ0n) is 13.3. The number of pyridine rings is 1. The molecular weight excluding hydrogens is 336 g/mol. The summed E-state index contributed by atoms with van der Waals surface area (Å²) in [5, 5.41) is 4.25. The summed E-state index contributed by atoms with van der Waals surface area (Å²) in [5.41, 5.74) is 1.31. The molecule has 0 spiro atoms. The second-order valence-electron chi connectivity index (χ2n) is 5.17. The van der Waals surface area contributed by atoms with Crippen molar-refractivity contribution in [2.75, 3.05) is 13.2 Å². The second kappa shape index (κ2) is 8.18. The zero-order valence-corrected chi connectivity index (χ0v) is 14.1. The van der Waals surface area contributed by atoms with Gasteiger partial charge in [0.1, 0.15) is 17.9 Å². The number of halogens is 1. The van der Waals surface area contributed by atoms with Gasteiger partial charge < -0.3 is 10.1 Å². The molecule has 0 aliphatic carbocycles. The Morgan fingerprint density at radius 2 is 1.96 bits per heavy atom. The van der Waals surface area contributed by atoms with E-state index in [0.29, 0.717) is 16.3 Å². The van der Waals surface area contributed by atoms with E-state index in [1.807, 2.05) is 30.3 Å². The number of benzene rings is 2. The minimum absolute atomic E-state index is 0.212. The molecule has 0 radical (unpaired) electrons. The predicted octanol–water partition coefficient (Wildman–Crippen LogP) is 3.70. The molecule has 1 N–H and O–H groups in total. The monoisotopic (exact) mass is 350 g/mol. The fourth-order valence-electron chi connectivity index (χ4n) is 2.28. The molecule has 3 rings (SSSR count). The van der Waals surface area contributed by atoms with Crippen LogP contribution in [0.5, 0.6) is 5.75 Å². The average Bonchev–Trinajstić information content (AvgIpc) is 2.64. The first-order valence-corrected chi connectivity index (χ1v) is 8.08. The Morgan fingerprint density at radius 1 is 1.12 bits per heavy atom. The molecule has 2 aromatic carbocycles. The lowest BCUT2D eigenvalue weighted by Gasteiger charge is -2.05. The highest BCUT2D eigenvalue weighted by atomic mass is 35.5. The van der Waals surface area contributed by atoms with Gasteiger partial charge in [-0.2, -0.15) is 0 Å². The molecule has 1 heterocycles. The molecule has 4 nitrogen and oxygen atoms in total. The van der Waals surface area contributed by atoms with Gasteiger partial charge >= 0.3 is 0 Å². The van der Waals surface area contributed by atoms with Crippen LogP contribution in [-0.4, -0.2) is 24.0 Å². The quantitative estimate of drug-likeness (QED) is 0.730. The lowest BCUT2D eigenvalue weighted by Crippen LogP contribution is -2.23. The molecule has 5 heteroatoms. The van der Waals surface area contributed by atoms with E-state index in [0.717, 1.165) is 10.9 Å². The van der Waals surface area contributed by atoms with Gasteiger partial charge in [0.2, 0.25) is 0 Å². The van der Waals surface area contributed by atoms with E-state index in [1.165, 1.54) is 0 Å². The fraction of sp³-hybridized carbons (Fsp3) is 0.100. The number of aromatic nitrogens is 1. The number of hydrogen-bond donors (Lipinski definition) is 1. The van der Waals surface area contributed by atoms with Gasteiger partial charge in [0, 0.05) is 22.2 Å². The van der Waals surface area contributed by atoms with Gasteiger partial charge in [-0.25, -0.2) is 0 Å². The smallest absolute Gasteiger partial charge is 0.252 e. The molecule has 3 aromatic rings. The van der Waals surface area contributed by atoms with Crippen LogP contribution in [0.1, 0.15) is 10.4 Å². The fourth-order valence-corrected chi connectivity index (χ4v) is 2.47. The first-order chi connectivity index (χ1) is 12.2. The molecule has 0 saturated heterocycles. The summed E-state index contributed by atoms with van der Waals surface area (Å²) in [6.07, 6.45) is 1.73. The van der Waals surface area contributed by atoms with Crippen LogP contribution >= 0.6 is 11.6 Å². The molecule has 124 valence electrons. The maximum Gasteiger partial charge on any atom is 0.252 e. The molecule has 1 aromatic heterocycles. The molecule has 0 fully saturated rings. The van der Waals surface area contributed by atoms with Gasteiger partial charge in [0.05, 0.1) is 6.54 Å². The Morgan fingerprint density at radius 3 is 2.84 bits per heavy atom. The summed E-state index contributed by atoms with van der Waals surface area (Å²) >= 11 is 5.86. The van der Waals surface area contributed by atoms with E-state index in [9.17, 15) is 4.79 Å². The number of amides is 1. The summed E-state index contributed by atoms with van der Waals surface area (Å²) in [6, 6.07) is 16.4. The van der Waals surface area contributed by atoms with Crippen LogP contribution in [-0.2, 0) is 0 Å². The summed E-state index contributed by atoms with van der Waals surface area (Å²) in [6.45, 7) is 0.464. The Labute approximate surface area is 150 Å². The Balaban J connectivity index is 1.51. The Bertz CT molecular complexity index is 955. The second-order valence-corrected chi connectivity index (χ2v) is 5.60. The number of carbonyl (C=O) groups excluding carboxylic acids is 1. The van der Waals surface area contributed by atoms with Crippen molar-refractivity contribution in [3.05, 3.63) is 71.4 Å². The van der Waals surface area contributed by atoms with Gasteiger partial charge in [-0.1, -0.05) is 47.7 Å². The molecule has 0 saturated carbocycles. The van der Waals surface area contributed by atoms with Crippen molar-refractivity contribution in [1.29, 1.82) is 0 Å². The topological polar surface area (TPSA) is 51.2 Å². The lowest BCUT2D eigenvalue weighted by molar-refractivity contribution is 0.0958. The molecule has 0 aliphatic heterocycles. The van der Waals surface area contributed by atoms with Gasteiger partial charge in [0.25, 0.3) is 5.91 Å². The molecule has 0 aliphatic rings. The number of fused-ring (bicyclic) bond motifs is 1. The first kappa shape index (κ1) is 16.8. The standard InChI is InChI=1S/C20H15ClN2O2/c21-17-9-3-7-16(14-17)20(24)23-11-1-2-13-25-18-10-4-6-15-8-5-12-22-19(15)18/h3-10,12,14H,11,13H2,(H,23,24). The van der Waals surface area contributed by atoms with E-state index in [1.54, 1.807) is 30.5 Å². The Kier molecular flexibility index (Phi) is 5.50. The third kappa shape index (κ3) is 4.50. The van der Waals surface area contributed by atoms with Crippen LogP contribution in [0.4, 0.5) is 0 Å². The van der Waals surface area contributed by atoms with Gasteiger partial charge in [-0.3, -0.25) is 9.78 Å². The van der Waals surface area contributed by atoms with Crippen LogP contribution in [0.3, 0.4) is 0 Å². The van der Waals surface area contributed by atoms with Crippen LogP contribution in [0, 0.1) is 11.8 Å². The summed E-state index contributed by atoms with van der Waals surface area (Å²) in [7, 11) is 0. The molecule has 1 amide bonds. The van der Waals surface area contributed by atoms with Gasteiger partial charge in [-0.15, -0.1) is 0 Å². The van der Waals surface area contributed by atoms with Crippen molar-refractivity contribution in [3.8, 4) is 17.6 Å². The lowest BCUT2D eigenvalue weighted by atomic mass is 10.2. The normalized spacial score (nSPS) is 9.96. The number of carbonyl (C=O) groups is 1. The first-order valence-electron chi connectivity index (χ1n) is 7.70. The highest BCUT2D eigenvalue weighted by Gasteiger charge is 2.04. The van der Waals surface area contributed by atoms with Crippen LogP contribution in [0.25, 0.3) is 10.9 Å². The molecule has 0 unspecified atom stereocenters. The summed E-state index contributed by atoms with van der Waals surface area (Å²) in [5.74, 6) is 6.21. The maximum absolute atomic E-state index is 11.9. The maximum atomic E-state index is 11.9. The predicted molar refractivity (Wildman–Crippen MR) is 98.8 cm³/mol. The molecule has 25 heavy (non-hydrogen) atoms. The van der Waals surface area contributed by atoms with Gasteiger partial charge in [-0.05, 0) is 30.3 Å².